The van der Waals surface area contributed by atoms with Gasteiger partial charge >= 0.3 is 0 Å². The Bertz CT molecular complexity index is 3320. The predicted octanol–water partition coefficient (Wildman–Crippen LogP) is 14.5. The van der Waals surface area contributed by atoms with Crippen LogP contribution in [-0.2, 0) is 16.2 Å². The molecule has 0 saturated heterocycles. The van der Waals surface area contributed by atoms with Crippen LogP contribution in [0.1, 0.15) is 76.3 Å². The van der Waals surface area contributed by atoms with Crippen molar-refractivity contribution in [3.63, 3.8) is 0 Å². The number of pyridine rings is 1. The van der Waals surface area contributed by atoms with Crippen LogP contribution in [0.4, 0.5) is 0 Å². The zero-order valence-corrected chi connectivity index (χ0v) is 38.2. The lowest BCUT2D eigenvalue weighted by Gasteiger charge is -2.27. The summed E-state index contributed by atoms with van der Waals surface area (Å²) in [6.45, 7) is 16.0. The smallest absolute Gasteiger partial charge is 0.269 e. The maximum absolute atomic E-state index is 6.94. The van der Waals surface area contributed by atoms with Gasteiger partial charge in [0.05, 0.1) is 28.1 Å². The highest BCUT2D eigenvalue weighted by molar-refractivity contribution is 6.11. The van der Waals surface area contributed by atoms with Gasteiger partial charge in [-0.25, -0.2) is 4.98 Å². The lowest BCUT2D eigenvalue weighted by Crippen LogP contribution is -2.32. The fraction of sp³-hybridized carbons (Fsp3) is 0.167. The van der Waals surface area contributed by atoms with Gasteiger partial charge in [0, 0.05) is 40.1 Å². The first-order valence-corrected chi connectivity index (χ1v) is 22.5. The van der Waals surface area contributed by atoms with Crippen molar-refractivity contribution in [2.45, 2.75) is 64.7 Å². The molecule has 320 valence electrons. The molecule has 3 heterocycles. The van der Waals surface area contributed by atoms with Crippen LogP contribution < -0.4 is 9.30 Å². The van der Waals surface area contributed by atoms with Crippen molar-refractivity contribution >= 4 is 21.8 Å². The molecule has 0 atom stereocenters. The normalized spacial score (nSPS) is 12.2. The summed E-state index contributed by atoms with van der Waals surface area (Å²) in [5.41, 5.74) is 11.8. The molecule has 65 heavy (non-hydrogen) atoms. The topological polar surface area (TPSA) is 35.9 Å². The van der Waals surface area contributed by atoms with Crippen molar-refractivity contribution < 1.29 is 9.30 Å². The summed E-state index contributed by atoms with van der Waals surface area (Å²) in [5.74, 6) is 2.37. The van der Waals surface area contributed by atoms with Crippen LogP contribution in [0.5, 0.6) is 11.5 Å². The summed E-state index contributed by atoms with van der Waals surface area (Å²) < 4.78 is 13.5. The van der Waals surface area contributed by atoms with Crippen molar-refractivity contribution in [3.8, 4) is 39.9 Å². The lowest BCUT2D eigenvalue weighted by molar-refractivity contribution is -0.588. The highest BCUT2D eigenvalue weighted by Gasteiger charge is 2.28. The van der Waals surface area contributed by atoms with Gasteiger partial charge in [-0.2, -0.15) is 0 Å². The van der Waals surface area contributed by atoms with Crippen LogP contribution in [0.15, 0.2) is 200 Å². The van der Waals surface area contributed by atoms with Gasteiger partial charge < -0.3 is 4.74 Å². The summed E-state index contributed by atoms with van der Waals surface area (Å²) in [6.07, 6.45) is 7.81. The Hall–Kier alpha value is -7.50. The average Bonchev–Trinajstić information content (AvgIpc) is 3.93. The standard InChI is InChI=1S/C60H54N4O/c1-58(2,3)52-38-50(39-54-57(52)51-31-17-18-32-53(51)64(54)56-36-46(33-34-61-56)60(6,7)44-25-15-10-16-26-44)65-49-30-20-28-47(37-49)62-40-55(42-21-11-8-12-22-42)63(41-62)48-29-19-27-45(35-48)59(4,5)43-23-13-9-14-24-43/h8-40H,1-7H3. The quantitative estimate of drug-likeness (QED) is 0.102. The SMILES string of the molecule is CC(C)(C)c1cc(Oc2cccc(-n3[c-][n+](-c4cccc(C(C)(C)c5ccccc5)c4)c(-c4ccccc4)c3)c2)cc2c1c1ccccc1n2-c1cc(C(C)(C)c2ccccc2)ccn1. The van der Waals surface area contributed by atoms with Crippen LogP contribution in [0.3, 0.4) is 0 Å². The van der Waals surface area contributed by atoms with E-state index < -0.39 is 0 Å². The zero-order valence-electron chi connectivity index (χ0n) is 38.2. The van der Waals surface area contributed by atoms with E-state index in [4.69, 9.17) is 9.72 Å². The molecular formula is C60H54N4O. The summed E-state index contributed by atoms with van der Waals surface area (Å²) in [5, 5.41) is 2.40. The van der Waals surface area contributed by atoms with Crippen molar-refractivity contribution in [3.05, 3.63) is 235 Å². The van der Waals surface area contributed by atoms with Crippen molar-refractivity contribution in [2.24, 2.45) is 0 Å². The van der Waals surface area contributed by atoms with E-state index in [-0.39, 0.29) is 16.2 Å². The fourth-order valence-electron chi connectivity index (χ4n) is 9.32. The molecule has 0 unspecified atom stereocenters. The minimum Gasteiger partial charge on any atom is -0.458 e. The first-order valence-electron chi connectivity index (χ1n) is 22.5. The second-order valence-corrected chi connectivity index (χ2v) is 19.2. The van der Waals surface area contributed by atoms with Gasteiger partial charge in [-0.1, -0.05) is 176 Å². The van der Waals surface area contributed by atoms with Crippen LogP contribution >= 0.6 is 0 Å². The molecule has 0 aliphatic rings. The Morgan fingerprint density at radius 1 is 0.523 bits per heavy atom. The van der Waals surface area contributed by atoms with E-state index in [1.165, 1.54) is 38.6 Å². The van der Waals surface area contributed by atoms with E-state index in [1.807, 2.05) is 12.3 Å². The monoisotopic (exact) mass is 846 g/mol. The van der Waals surface area contributed by atoms with Crippen LogP contribution in [0.25, 0.3) is 50.3 Å². The molecule has 7 aromatic carbocycles. The van der Waals surface area contributed by atoms with Gasteiger partial charge in [0.2, 0.25) is 0 Å². The van der Waals surface area contributed by atoms with Crippen molar-refractivity contribution in [2.75, 3.05) is 0 Å². The molecule has 0 amide bonds. The zero-order chi connectivity index (χ0) is 44.9. The Balaban J connectivity index is 1.07. The number of nitrogens with zero attached hydrogens (tertiary/aromatic N) is 4. The Kier molecular flexibility index (Phi) is 10.4. The summed E-state index contributed by atoms with van der Waals surface area (Å²) in [4.78, 5) is 5.04. The minimum atomic E-state index is -0.227. The summed E-state index contributed by atoms with van der Waals surface area (Å²) >= 11 is 0. The molecule has 0 radical (unpaired) electrons. The number of imidazole rings is 1. The number of para-hydroxylation sites is 1. The molecule has 5 heteroatoms. The highest BCUT2D eigenvalue weighted by atomic mass is 16.5. The number of ether oxygens (including phenoxy) is 1. The van der Waals surface area contributed by atoms with Gasteiger partial charge in [0.25, 0.3) is 6.33 Å². The molecule has 0 aliphatic heterocycles. The largest absolute Gasteiger partial charge is 0.458 e. The van der Waals surface area contributed by atoms with Crippen LogP contribution in [0, 0.1) is 6.33 Å². The predicted molar refractivity (Wildman–Crippen MR) is 266 cm³/mol. The minimum absolute atomic E-state index is 0.186. The third kappa shape index (κ3) is 7.71. The molecule has 3 aromatic heterocycles. The molecule has 0 N–H and O–H groups in total. The van der Waals surface area contributed by atoms with E-state index in [9.17, 15) is 0 Å². The molecule has 5 nitrogen and oxygen atoms in total. The molecule has 10 rings (SSSR count). The van der Waals surface area contributed by atoms with Crippen molar-refractivity contribution in [1.29, 1.82) is 0 Å². The van der Waals surface area contributed by atoms with Crippen molar-refractivity contribution in [1.82, 2.24) is 14.1 Å². The molecule has 0 aliphatic carbocycles. The number of hydrogen-bond donors (Lipinski definition) is 0. The van der Waals surface area contributed by atoms with E-state index in [0.29, 0.717) is 0 Å². The van der Waals surface area contributed by atoms with Gasteiger partial charge in [-0.05, 0) is 93.4 Å². The third-order valence-corrected chi connectivity index (χ3v) is 13.2. The third-order valence-electron chi connectivity index (χ3n) is 13.2. The van der Waals surface area contributed by atoms with Gasteiger partial charge in [0.1, 0.15) is 17.3 Å². The van der Waals surface area contributed by atoms with E-state index >= 15 is 0 Å². The summed E-state index contributed by atoms with van der Waals surface area (Å²) in [7, 11) is 0. The molecular weight excluding hydrogens is 793 g/mol. The molecule has 0 saturated carbocycles. The second kappa shape index (κ2) is 16.2. The van der Waals surface area contributed by atoms with Gasteiger partial charge in [-0.15, -0.1) is 0 Å². The van der Waals surface area contributed by atoms with Crippen LogP contribution in [0.2, 0.25) is 0 Å². The number of aromatic nitrogens is 4. The Morgan fingerprint density at radius 3 is 1.83 bits per heavy atom. The number of hydrogen-bond acceptors (Lipinski definition) is 2. The van der Waals surface area contributed by atoms with E-state index in [2.05, 4.69) is 257 Å². The number of fused-ring (bicyclic) bond motifs is 3. The highest BCUT2D eigenvalue weighted by Crippen LogP contribution is 2.43. The fourth-order valence-corrected chi connectivity index (χ4v) is 9.32. The molecule has 0 fully saturated rings. The molecule has 10 aromatic rings. The van der Waals surface area contributed by atoms with Gasteiger partial charge in [-0.3, -0.25) is 13.7 Å². The average molecular weight is 847 g/mol. The molecule has 0 spiro atoms. The first-order chi connectivity index (χ1) is 31.4. The Morgan fingerprint density at radius 2 is 1.14 bits per heavy atom. The molecule has 0 bridgehead atoms. The summed E-state index contributed by atoms with van der Waals surface area (Å²) in [6, 6.07) is 66.5. The van der Waals surface area contributed by atoms with Gasteiger partial charge in [0.15, 0.2) is 0 Å². The maximum atomic E-state index is 6.94. The second-order valence-electron chi connectivity index (χ2n) is 19.2. The number of benzene rings is 7. The Labute approximate surface area is 382 Å². The van der Waals surface area contributed by atoms with E-state index in [1.54, 1.807) is 0 Å². The van der Waals surface area contributed by atoms with Crippen LogP contribution in [-0.4, -0.2) is 14.1 Å². The van der Waals surface area contributed by atoms with E-state index in [0.717, 1.165) is 51.0 Å². The maximum Gasteiger partial charge on any atom is 0.269 e. The lowest BCUT2D eigenvalue weighted by atomic mass is 9.78. The number of rotatable bonds is 10. The first kappa shape index (κ1) is 41.5.